The fraction of sp³-hybridized carbons (Fsp3) is 0.417. The molecule has 0 amide bonds. The minimum Gasteiger partial charge on any atom is -0.197 e. The first-order valence-electron chi connectivity index (χ1n) is 4.62. The summed E-state index contributed by atoms with van der Waals surface area (Å²) in [6.45, 7) is 8.04. The largest absolute Gasteiger partial charge is 0.197 e. The number of hydrogen-bond donors (Lipinski definition) is 0. The molecule has 0 aromatic heterocycles. The van der Waals surface area contributed by atoms with E-state index in [1.165, 1.54) is 16.0 Å². The summed E-state index contributed by atoms with van der Waals surface area (Å²) in [6.07, 6.45) is 0. The van der Waals surface area contributed by atoms with Gasteiger partial charge in [-0.15, -0.1) is 11.8 Å². The van der Waals surface area contributed by atoms with Gasteiger partial charge >= 0.3 is 0 Å². The molecule has 1 nitrogen and oxygen atoms in total. The molecule has 0 aliphatic carbocycles. The Labute approximate surface area is 90.1 Å². The van der Waals surface area contributed by atoms with Gasteiger partial charge in [0.15, 0.2) is 0 Å². The molecule has 74 valence electrons. The first-order valence-corrected chi connectivity index (χ1v) is 5.44. The summed E-state index contributed by atoms with van der Waals surface area (Å²) in [5.41, 5.74) is 2.48. The summed E-state index contributed by atoms with van der Waals surface area (Å²) in [6, 6.07) is 8.64. The van der Waals surface area contributed by atoms with Crippen molar-refractivity contribution in [2.75, 3.05) is 0 Å². The van der Waals surface area contributed by atoms with Gasteiger partial charge < -0.3 is 0 Å². The summed E-state index contributed by atoms with van der Waals surface area (Å²) >= 11 is 1.63. The predicted octanol–water partition coefficient (Wildman–Crippen LogP) is 3.70. The molecule has 1 aromatic carbocycles. The second-order valence-electron chi connectivity index (χ2n) is 3.99. The van der Waals surface area contributed by atoms with Crippen LogP contribution in [0, 0.1) is 25.2 Å². The number of hydrogen-bond acceptors (Lipinski definition) is 2. The Bertz CT molecular complexity index is 374. The van der Waals surface area contributed by atoms with E-state index >= 15 is 0 Å². The maximum absolute atomic E-state index is 8.94. The van der Waals surface area contributed by atoms with Gasteiger partial charge in [-0.2, -0.15) is 5.26 Å². The summed E-state index contributed by atoms with van der Waals surface area (Å²) in [4.78, 5) is 1.21. The second-order valence-corrected chi connectivity index (χ2v) is 5.66. The Hall–Kier alpha value is -0.940. The number of benzene rings is 1. The molecule has 0 saturated heterocycles. The standard InChI is InChI=1S/C12H15NS/c1-9-5-6-10(2)11(7-9)14-12(3,4)8-13/h5-7H,1-4H3. The molecular weight excluding hydrogens is 190 g/mol. The molecule has 0 aliphatic heterocycles. The van der Waals surface area contributed by atoms with Crippen molar-refractivity contribution in [1.82, 2.24) is 0 Å². The maximum Gasteiger partial charge on any atom is 0.101 e. The Morgan fingerprint density at radius 3 is 2.50 bits per heavy atom. The van der Waals surface area contributed by atoms with Gasteiger partial charge in [0.05, 0.1) is 6.07 Å². The zero-order valence-electron chi connectivity index (χ0n) is 9.09. The van der Waals surface area contributed by atoms with Crippen LogP contribution in [0.1, 0.15) is 25.0 Å². The fourth-order valence-electron chi connectivity index (χ4n) is 1.11. The smallest absolute Gasteiger partial charge is 0.101 e. The average Bonchev–Trinajstić information content (AvgIpc) is 2.11. The molecule has 0 atom stereocenters. The van der Waals surface area contributed by atoms with Gasteiger partial charge in [-0.3, -0.25) is 0 Å². The highest BCUT2D eigenvalue weighted by Gasteiger charge is 2.19. The van der Waals surface area contributed by atoms with Crippen LogP contribution in [0.4, 0.5) is 0 Å². The van der Waals surface area contributed by atoms with Crippen LogP contribution in [0.5, 0.6) is 0 Å². The molecule has 14 heavy (non-hydrogen) atoms. The van der Waals surface area contributed by atoms with E-state index in [2.05, 4.69) is 38.1 Å². The highest BCUT2D eigenvalue weighted by molar-refractivity contribution is 8.01. The number of nitriles is 1. The normalized spacial score (nSPS) is 11.1. The van der Waals surface area contributed by atoms with Gasteiger partial charge in [0.2, 0.25) is 0 Å². The average molecular weight is 205 g/mol. The minimum absolute atomic E-state index is 0.349. The lowest BCUT2D eigenvalue weighted by Gasteiger charge is -2.16. The van der Waals surface area contributed by atoms with E-state index in [0.29, 0.717) is 0 Å². The summed E-state index contributed by atoms with van der Waals surface area (Å²) in [5, 5.41) is 8.94. The minimum atomic E-state index is -0.349. The Balaban J connectivity index is 2.98. The molecule has 0 fully saturated rings. The molecule has 0 aliphatic rings. The lowest BCUT2D eigenvalue weighted by molar-refractivity contribution is 0.911. The van der Waals surface area contributed by atoms with Crippen LogP contribution in [0.3, 0.4) is 0 Å². The molecular formula is C12H15NS. The Kier molecular flexibility index (Phi) is 3.23. The van der Waals surface area contributed by atoms with Gasteiger partial charge in [-0.25, -0.2) is 0 Å². The van der Waals surface area contributed by atoms with E-state index in [1.54, 1.807) is 11.8 Å². The van der Waals surface area contributed by atoms with Crippen LogP contribution in [0.25, 0.3) is 0 Å². The van der Waals surface area contributed by atoms with Crippen LogP contribution >= 0.6 is 11.8 Å². The third-order valence-electron chi connectivity index (χ3n) is 1.98. The highest BCUT2D eigenvalue weighted by atomic mass is 32.2. The third-order valence-corrected chi connectivity index (χ3v) is 3.24. The van der Waals surface area contributed by atoms with Crippen LogP contribution in [-0.2, 0) is 0 Å². The van der Waals surface area contributed by atoms with E-state index in [9.17, 15) is 0 Å². The fourth-order valence-corrected chi connectivity index (χ4v) is 2.18. The summed E-state index contributed by atoms with van der Waals surface area (Å²) in [7, 11) is 0. The quantitative estimate of drug-likeness (QED) is 0.687. The Morgan fingerprint density at radius 1 is 1.29 bits per heavy atom. The molecule has 1 rings (SSSR count). The summed E-state index contributed by atoms with van der Waals surface area (Å²) < 4.78 is -0.349. The van der Waals surface area contributed by atoms with Crippen molar-refractivity contribution in [3.05, 3.63) is 29.3 Å². The summed E-state index contributed by atoms with van der Waals surface area (Å²) in [5.74, 6) is 0. The van der Waals surface area contributed by atoms with E-state index in [0.717, 1.165) is 0 Å². The Morgan fingerprint density at radius 2 is 1.93 bits per heavy atom. The SMILES string of the molecule is Cc1ccc(C)c(SC(C)(C)C#N)c1. The molecule has 0 bridgehead atoms. The van der Waals surface area contributed by atoms with Crippen molar-refractivity contribution in [3.63, 3.8) is 0 Å². The molecule has 0 N–H and O–H groups in total. The zero-order chi connectivity index (χ0) is 10.8. The molecule has 1 aromatic rings. The van der Waals surface area contributed by atoms with Gasteiger partial charge in [0.1, 0.15) is 4.75 Å². The van der Waals surface area contributed by atoms with Gasteiger partial charge in [0, 0.05) is 4.90 Å². The van der Waals surface area contributed by atoms with Crippen molar-refractivity contribution in [2.24, 2.45) is 0 Å². The van der Waals surface area contributed by atoms with Gasteiger partial charge in [-0.1, -0.05) is 17.7 Å². The molecule has 0 unspecified atom stereocenters. The lowest BCUT2D eigenvalue weighted by atomic mass is 10.2. The van der Waals surface area contributed by atoms with Gasteiger partial charge in [0.25, 0.3) is 0 Å². The third kappa shape index (κ3) is 2.78. The molecule has 0 spiro atoms. The van der Waals surface area contributed by atoms with Crippen molar-refractivity contribution in [2.45, 2.75) is 37.3 Å². The molecule has 0 saturated carbocycles. The maximum atomic E-state index is 8.94. The van der Waals surface area contributed by atoms with Gasteiger partial charge in [-0.05, 0) is 39.3 Å². The van der Waals surface area contributed by atoms with E-state index < -0.39 is 0 Å². The second kappa shape index (κ2) is 4.06. The molecule has 2 heteroatoms. The lowest BCUT2D eigenvalue weighted by Crippen LogP contribution is -2.10. The molecule has 0 radical (unpaired) electrons. The van der Waals surface area contributed by atoms with Crippen LogP contribution in [0.15, 0.2) is 23.1 Å². The number of nitrogens with zero attached hydrogens (tertiary/aromatic N) is 1. The number of rotatable bonds is 2. The number of aryl methyl sites for hydroxylation is 2. The first-order chi connectivity index (χ1) is 6.44. The van der Waals surface area contributed by atoms with E-state index in [1.807, 2.05) is 13.8 Å². The van der Waals surface area contributed by atoms with Crippen LogP contribution < -0.4 is 0 Å². The monoisotopic (exact) mass is 205 g/mol. The van der Waals surface area contributed by atoms with Crippen LogP contribution in [0.2, 0.25) is 0 Å². The van der Waals surface area contributed by atoms with Crippen molar-refractivity contribution in [1.29, 1.82) is 5.26 Å². The van der Waals surface area contributed by atoms with Crippen molar-refractivity contribution < 1.29 is 0 Å². The predicted molar refractivity (Wildman–Crippen MR) is 61.5 cm³/mol. The zero-order valence-corrected chi connectivity index (χ0v) is 9.90. The number of thioether (sulfide) groups is 1. The highest BCUT2D eigenvalue weighted by Crippen LogP contribution is 2.34. The topological polar surface area (TPSA) is 23.8 Å². The van der Waals surface area contributed by atoms with Crippen molar-refractivity contribution >= 4 is 11.8 Å². The van der Waals surface area contributed by atoms with E-state index in [-0.39, 0.29) is 4.75 Å². The van der Waals surface area contributed by atoms with Crippen LogP contribution in [-0.4, -0.2) is 4.75 Å². The van der Waals surface area contributed by atoms with E-state index in [4.69, 9.17) is 5.26 Å². The molecule has 0 heterocycles. The van der Waals surface area contributed by atoms with Crippen molar-refractivity contribution in [3.8, 4) is 6.07 Å². The first kappa shape index (κ1) is 11.1.